The first-order valence-corrected chi connectivity index (χ1v) is 14.0. The van der Waals surface area contributed by atoms with Gasteiger partial charge >= 0.3 is 0 Å². The highest BCUT2D eigenvalue weighted by Crippen LogP contribution is 2.27. The van der Waals surface area contributed by atoms with Crippen molar-refractivity contribution in [2.24, 2.45) is 0 Å². The van der Waals surface area contributed by atoms with Crippen LogP contribution in [-0.4, -0.2) is 37.5 Å². The van der Waals surface area contributed by atoms with Crippen LogP contribution >= 0.6 is 0 Å². The lowest BCUT2D eigenvalue weighted by Crippen LogP contribution is -2.43. The first-order chi connectivity index (χ1) is 19.6. The van der Waals surface area contributed by atoms with Gasteiger partial charge in [0.2, 0.25) is 5.91 Å². The predicted octanol–water partition coefficient (Wildman–Crippen LogP) is 6.04. The first-order valence-electron chi connectivity index (χ1n) is 14.0. The van der Waals surface area contributed by atoms with Crippen molar-refractivity contribution in [2.45, 2.75) is 31.8 Å². The van der Waals surface area contributed by atoms with Crippen LogP contribution in [0.2, 0.25) is 0 Å². The number of nitrogens with zero attached hydrogens (tertiary/aromatic N) is 1. The molecular formula is C34H36N4O2. The van der Waals surface area contributed by atoms with Gasteiger partial charge in [-0.15, -0.1) is 0 Å². The maximum absolute atomic E-state index is 13.2. The average Bonchev–Trinajstić information content (AvgIpc) is 3.48. The van der Waals surface area contributed by atoms with E-state index in [1.165, 1.54) is 0 Å². The maximum atomic E-state index is 13.2. The third-order valence-corrected chi connectivity index (χ3v) is 7.28. The van der Waals surface area contributed by atoms with Crippen molar-refractivity contribution >= 4 is 23.2 Å². The van der Waals surface area contributed by atoms with Gasteiger partial charge in [-0.1, -0.05) is 85.8 Å². The van der Waals surface area contributed by atoms with Crippen LogP contribution in [0.4, 0.5) is 11.4 Å². The molecule has 2 atom stereocenters. The Labute approximate surface area is 236 Å². The number of nitrogens with one attached hydrogen (secondary N) is 3. The SMILES string of the molecule is CCCNC(=O)C(NC1CCN(c2ccc(NC(=O)c3ccccc3-c3ccccc3)cc2)C1)c1ccccc1. The Balaban J connectivity index is 1.22. The van der Waals surface area contributed by atoms with Crippen LogP contribution in [0.5, 0.6) is 0 Å². The Kier molecular flexibility index (Phi) is 8.89. The molecule has 0 aromatic heterocycles. The van der Waals surface area contributed by atoms with Gasteiger partial charge in [0.1, 0.15) is 6.04 Å². The van der Waals surface area contributed by atoms with Gasteiger partial charge < -0.3 is 15.5 Å². The third kappa shape index (κ3) is 6.58. The average molecular weight is 533 g/mol. The van der Waals surface area contributed by atoms with Crippen molar-refractivity contribution in [1.29, 1.82) is 0 Å². The molecule has 0 bridgehead atoms. The number of amides is 2. The van der Waals surface area contributed by atoms with Gasteiger partial charge in [-0.05, 0) is 59.9 Å². The van der Waals surface area contributed by atoms with Gasteiger partial charge in [-0.3, -0.25) is 14.9 Å². The quantitative estimate of drug-likeness (QED) is 0.233. The molecule has 6 nitrogen and oxygen atoms in total. The van der Waals surface area contributed by atoms with E-state index in [0.29, 0.717) is 12.1 Å². The Morgan fingerprint density at radius 1 is 0.850 bits per heavy atom. The fourth-order valence-electron chi connectivity index (χ4n) is 5.19. The summed E-state index contributed by atoms with van der Waals surface area (Å²) in [6, 6.07) is 35.3. The molecule has 5 rings (SSSR count). The summed E-state index contributed by atoms with van der Waals surface area (Å²) in [7, 11) is 0. The van der Waals surface area contributed by atoms with Crippen molar-refractivity contribution in [1.82, 2.24) is 10.6 Å². The first kappa shape index (κ1) is 27.2. The Morgan fingerprint density at radius 2 is 1.52 bits per heavy atom. The van der Waals surface area contributed by atoms with Crippen LogP contribution < -0.4 is 20.9 Å². The Morgan fingerprint density at radius 3 is 2.25 bits per heavy atom. The molecule has 1 heterocycles. The van der Waals surface area contributed by atoms with Crippen molar-refractivity contribution in [3.8, 4) is 11.1 Å². The van der Waals surface area contributed by atoms with E-state index < -0.39 is 0 Å². The van der Waals surface area contributed by atoms with Crippen LogP contribution in [0.15, 0.2) is 109 Å². The minimum atomic E-state index is -0.381. The molecule has 2 amide bonds. The van der Waals surface area contributed by atoms with Crippen LogP contribution in [0.3, 0.4) is 0 Å². The number of hydrogen-bond acceptors (Lipinski definition) is 4. The summed E-state index contributed by atoms with van der Waals surface area (Å²) in [6.45, 7) is 4.42. The molecule has 0 spiro atoms. The predicted molar refractivity (Wildman–Crippen MR) is 163 cm³/mol. The van der Waals surface area contributed by atoms with Crippen LogP contribution in [0, 0.1) is 0 Å². The highest BCUT2D eigenvalue weighted by atomic mass is 16.2. The Bertz CT molecular complexity index is 1410. The number of hydrogen-bond donors (Lipinski definition) is 3. The molecule has 6 heteroatoms. The van der Waals surface area contributed by atoms with E-state index in [1.807, 2.05) is 109 Å². The molecular weight excluding hydrogens is 496 g/mol. The topological polar surface area (TPSA) is 73.5 Å². The molecule has 2 unspecified atom stereocenters. The molecule has 0 aliphatic carbocycles. The summed E-state index contributed by atoms with van der Waals surface area (Å²) in [5.74, 6) is -0.119. The number of anilines is 2. The highest BCUT2D eigenvalue weighted by molar-refractivity contribution is 6.08. The summed E-state index contributed by atoms with van der Waals surface area (Å²) in [5, 5.41) is 9.70. The molecule has 3 N–H and O–H groups in total. The van der Waals surface area contributed by atoms with Gasteiger partial charge in [0.05, 0.1) is 0 Å². The summed E-state index contributed by atoms with van der Waals surface area (Å²) in [6.07, 6.45) is 1.85. The number of carbonyl (C=O) groups excluding carboxylic acids is 2. The molecule has 1 saturated heterocycles. The zero-order valence-corrected chi connectivity index (χ0v) is 22.8. The molecule has 4 aromatic rings. The fraction of sp³-hybridized carbons (Fsp3) is 0.235. The lowest BCUT2D eigenvalue weighted by atomic mass is 9.99. The van der Waals surface area contributed by atoms with E-state index in [4.69, 9.17) is 0 Å². The van der Waals surface area contributed by atoms with E-state index in [2.05, 4.69) is 27.8 Å². The summed E-state index contributed by atoms with van der Waals surface area (Å²) >= 11 is 0. The lowest BCUT2D eigenvalue weighted by molar-refractivity contribution is -0.123. The van der Waals surface area contributed by atoms with Gasteiger partial charge in [0.15, 0.2) is 0 Å². The third-order valence-electron chi connectivity index (χ3n) is 7.28. The molecule has 1 aliphatic heterocycles. The molecule has 1 fully saturated rings. The molecule has 204 valence electrons. The largest absolute Gasteiger partial charge is 0.370 e. The van der Waals surface area contributed by atoms with E-state index in [-0.39, 0.29) is 23.9 Å². The van der Waals surface area contributed by atoms with Crippen LogP contribution in [-0.2, 0) is 4.79 Å². The van der Waals surface area contributed by atoms with E-state index in [9.17, 15) is 9.59 Å². The van der Waals surface area contributed by atoms with Crippen LogP contribution in [0.25, 0.3) is 11.1 Å². The van der Waals surface area contributed by atoms with Gasteiger partial charge in [0, 0.05) is 42.6 Å². The summed E-state index contributed by atoms with van der Waals surface area (Å²) < 4.78 is 0. The van der Waals surface area contributed by atoms with E-state index in [1.54, 1.807) is 0 Å². The number of rotatable bonds is 10. The van der Waals surface area contributed by atoms with E-state index >= 15 is 0 Å². The fourth-order valence-corrected chi connectivity index (χ4v) is 5.19. The zero-order valence-electron chi connectivity index (χ0n) is 22.8. The van der Waals surface area contributed by atoms with Gasteiger partial charge in [-0.25, -0.2) is 0 Å². The van der Waals surface area contributed by atoms with Crippen LogP contribution in [0.1, 0.15) is 41.7 Å². The minimum Gasteiger partial charge on any atom is -0.370 e. The maximum Gasteiger partial charge on any atom is 0.256 e. The summed E-state index contributed by atoms with van der Waals surface area (Å²) in [4.78, 5) is 28.4. The number of benzene rings is 4. The van der Waals surface area contributed by atoms with Crippen molar-refractivity contribution in [2.75, 3.05) is 29.9 Å². The number of carbonyl (C=O) groups is 2. The molecule has 4 aromatic carbocycles. The summed E-state index contributed by atoms with van der Waals surface area (Å²) in [5.41, 5.74) is 5.38. The second kappa shape index (κ2) is 13.1. The molecule has 40 heavy (non-hydrogen) atoms. The van der Waals surface area contributed by atoms with Crippen molar-refractivity contribution in [3.63, 3.8) is 0 Å². The highest BCUT2D eigenvalue weighted by Gasteiger charge is 2.28. The second-order valence-electron chi connectivity index (χ2n) is 10.1. The smallest absolute Gasteiger partial charge is 0.256 e. The molecule has 0 radical (unpaired) electrons. The standard InChI is InChI=1S/C34H36N4O2/c1-2-22-35-34(40)32(26-13-7-4-8-14-26)36-28-21-23-38(24-28)29-19-17-27(18-20-29)37-33(39)31-16-10-9-15-30(31)25-11-5-3-6-12-25/h3-20,28,32,36H,2,21-24H2,1H3,(H,35,40)(H,37,39). The van der Waals surface area contributed by atoms with Crippen molar-refractivity contribution < 1.29 is 9.59 Å². The minimum absolute atomic E-state index is 0.0143. The van der Waals surface area contributed by atoms with Crippen molar-refractivity contribution in [3.05, 3.63) is 120 Å². The normalized spacial score (nSPS) is 15.4. The zero-order chi connectivity index (χ0) is 27.7. The Hall–Kier alpha value is -4.42. The monoisotopic (exact) mass is 532 g/mol. The second-order valence-corrected chi connectivity index (χ2v) is 10.1. The van der Waals surface area contributed by atoms with Gasteiger partial charge in [0.25, 0.3) is 5.91 Å². The van der Waals surface area contributed by atoms with Gasteiger partial charge in [-0.2, -0.15) is 0 Å². The molecule has 1 aliphatic rings. The molecule has 0 saturated carbocycles. The van der Waals surface area contributed by atoms with E-state index in [0.717, 1.165) is 54.0 Å². The lowest BCUT2D eigenvalue weighted by Gasteiger charge is -2.24.